The summed E-state index contributed by atoms with van der Waals surface area (Å²) in [5.41, 5.74) is 7.21. The molecule has 2 heterocycles. The number of aromatic nitrogens is 4. The van der Waals surface area contributed by atoms with Crippen LogP contribution in [0.25, 0.3) is 5.65 Å². The minimum Gasteiger partial charge on any atom is -0.330 e. The molecule has 12 heavy (non-hydrogen) atoms. The maximum absolute atomic E-state index is 5.39. The van der Waals surface area contributed by atoms with Gasteiger partial charge >= 0.3 is 0 Å². The fourth-order valence-corrected chi connectivity index (χ4v) is 1.18. The molecule has 0 spiro atoms. The van der Waals surface area contributed by atoms with Crippen molar-refractivity contribution in [2.75, 3.05) is 6.54 Å². The van der Waals surface area contributed by atoms with Crippen molar-refractivity contribution >= 4 is 5.65 Å². The molecular weight excluding hydrogens is 154 g/mol. The van der Waals surface area contributed by atoms with E-state index in [1.165, 1.54) is 0 Å². The molecule has 0 saturated heterocycles. The van der Waals surface area contributed by atoms with Crippen molar-refractivity contribution in [3.05, 3.63) is 17.6 Å². The number of nitrogens with zero attached hydrogens (tertiary/aromatic N) is 3. The highest BCUT2D eigenvalue weighted by Gasteiger charge is 2.02. The minimum atomic E-state index is 0.607. The van der Waals surface area contributed by atoms with Crippen LogP contribution in [-0.4, -0.2) is 26.4 Å². The maximum atomic E-state index is 5.39. The van der Waals surface area contributed by atoms with Crippen LogP contribution in [0.5, 0.6) is 0 Å². The summed E-state index contributed by atoms with van der Waals surface area (Å²) >= 11 is 0. The number of hydrogen-bond donors (Lipinski definition) is 2. The first-order valence-corrected chi connectivity index (χ1v) is 3.91. The second-order valence-corrected chi connectivity index (χ2v) is 2.76. The molecule has 0 aliphatic carbocycles. The number of rotatable bonds is 2. The van der Waals surface area contributed by atoms with Gasteiger partial charge in [0, 0.05) is 12.5 Å². The van der Waals surface area contributed by atoms with E-state index in [0.29, 0.717) is 6.54 Å². The van der Waals surface area contributed by atoms with Crippen LogP contribution in [0.3, 0.4) is 0 Å². The SMILES string of the molecule is Cc1cc2nc(CCN)[nH]n2n1. The molecule has 0 bridgehead atoms. The van der Waals surface area contributed by atoms with E-state index in [1.807, 2.05) is 13.0 Å². The Bertz CT molecular complexity index is 354. The quantitative estimate of drug-likeness (QED) is 0.651. The number of nitrogens with two attached hydrogens (primary N) is 1. The number of hydrogen-bond acceptors (Lipinski definition) is 3. The first-order valence-electron chi connectivity index (χ1n) is 3.91. The summed E-state index contributed by atoms with van der Waals surface area (Å²) in [5.74, 6) is 0.889. The number of fused-ring (bicyclic) bond motifs is 1. The van der Waals surface area contributed by atoms with E-state index in [9.17, 15) is 0 Å². The van der Waals surface area contributed by atoms with Crippen molar-refractivity contribution in [1.82, 2.24) is 19.8 Å². The number of H-pyrrole nitrogens is 1. The van der Waals surface area contributed by atoms with Crippen molar-refractivity contribution in [3.63, 3.8) is 0 Å². The van der Waals surface area contributed by atoms with E-state index in [4.69, 9.17) is 5.73 Å². The fraction of sp³-hybridized carbons (Fsp3) is 0.429. The summed E-state index contributed by atoms with van der Waals surface area (Å²) in [6.45, 7) is 2.54. The molecule has 0 aromatic carbocycles. The highest BCUT2D eigenvalue weighted by Crippen LogP contribution is 2.02. The van der Waals surface area contributed by atoms with Gasteiger partial charge in [0.05, 0.1) is 5.69 Å². The Balaban J connectivity index is 2.43. The van der Waals surface area contributed by atoms with Gasteiger partial charge in [0.1, 0.15) is 5.82 Å². The van der Waals surface area contributed by atoms with Crippen molar-refractivity contribution in [1.29, 1.82) is 0 Å². The average molecular weight is 165 g/mol. The van der Waals surface area contributed by atoms with E-state index in [1.54, 1.807) is 4.63 Å². The second kappa shape index (κ2) is 2.60. The number of nitrogens with one attached hydrogen (secondary N) is 1. The zero-order valence-corrected chi connectivity index (χ0v) is 6.91. The first-order chi connectivity index (χ1) is 5.79. The molecule has 0 amide bonds. The lowest BCUT2D eigenvalue weighted by atomic mass is 10.4. The summed E-state index contributed by atoms with van der Waals surface area (Å²) in [7, 11) is 0. The molecule has 3 N–H and O–H groups in total. The molecule has 2 aromatic rings. The van der Waals surface area contributed by atoms with E-state index < -0.39 is 0 Å². The van der Waals surface area contributed by atoms with Gasteiger partial charge in [-0.15, -0.1) is 0 Å². The molecule has 0 atom stereocenters. The third kappa shape index (κ3) is 1.08. The molecular formula is C7H11N5. The zero-order valence-electron chi connectivity index (χ0n) is 6.91. The largest absolute Gasteiger partial charge is 0.330 e. The third-order valence-corrected chi connectivity index (χ3v) is 1.68. The maximum Gasteiger partial charge on any atom is 0.175 e. The third-order valence-electron chi connectivity index (χ3n) is 1.68. The molecule has 0 fully saturated rings. The fourth-order valence-electron chi connectivity index (χ4n) is 1.18. The molecule has 2 rings (SSSR count). The number of aromatic amines is 1. The Morgan fingerprint density at radius 2 is 2.50 bits per heavy atom. The average Bonchev–Trinajstić information content (AvgIpc) is 2.44. The minimum absolute atomic E-state index is 0.607. The molecule has 5 nitrogen and oxygen atoms in total. The van der Waals surface area contributed by atoms with Gasteiger partial charge in [-0.25, -0.2) is 4.98 Å². The Hall–Kier alpha value is -1.36. The lowest BCUT2D eigenvalue weighted by Gasteiger charge is -1.87. The van der Waals surface area contributed by atoms with Crippen LogP contribution in [0.15, 0.2) is 6.07 Å². The van der Waals surface area contributed by atoms with Gasteiger partial charge in [-0.2, -0.15) is 9.73 Å². The molecule has 0 unspecified atom stereocenters. The molecule has 64 valence electrons. The van der Waals surface area contributed by atoms with Crippen LogP contribution in [0, 0.1) is 6.92 Å². The van der Waals surface area contributed by atoms with E-state index in [2.05, 4.69) is 15.2 Å². The van der Waals surface area contributed by atoms with E-state index >= 15 is 0 Å². The lowest BCUT2D eigenvalue weighted by molar-refractivity contribution is 0.766. The highest BCUT2D eigenvalue weighted by atomic mass is 15.5. The van der Waals surface area contributed by atoms with Crippen LogP contribution in [0.1, 0.15) is 11.5 Å². The first kappa shape index (κ1) is 7.30. The molecule has 0 radical (unpaired) electrons. The topological polar surface area (TPSA) is 72.0 Å². The van der Waals surface area contributed by atoms with Gasteiger partial charge in [0.25, 0.3) is 0 Å². The van der Waals surface area contributed by atoms with Crippen molar-refractivity contribution in [3.8, 4) is 0 Å². The number of aryl methyl sites for hydroxylation is 1. The van der Waals surface area contributed by atoms with Crippen LogP contribution >= 0.6 is 0 Å². The summed E-state index contributed by atoms with van der Waals surface area (Å²) in [6.07, 6.45) is 0.766. The molecule has 5 heteroatoms. The van der Waals surface area contributed by atoms with Gasteiger partial charge in [0.15, 0.2) is 5.65 Å². The van der Waals surface area contributed by atoms with E-state index in [-0.39, 0.29) is 0 Å². The Morgan fingerprint density at radius 1 is 1.67 bits per heavy atom. The zero-order chi connectivity index (χ0) is 8.55. The molecule has 0 saturated carbocycles. The van der Waals surface area contributed by atoms with Gasteiger partial charge in [-0.1, -0.05) is 0 Å². The van der Waals surface area contributed by atoms with Gasteiger partial charge < -0.3 is 5.73 Å². The Morgan fingerprint density at radius 3 is 3.17 bits per heavy atom. The standard InChI is InChI=1S/C7H11N5/c1-5-4-7-9-6(2-3-8)11-12(7)10-5/h4H,2-3,8H2,1H3,(H,9,11). The molecule has 0 aliphatic heterocycles. The van der Waals surface area contributed by atoms with E-state index in [0.717, 1.165) is 23.6 Å². The normalized spacial score (nSPS) is 11.2. The van der Waals surface area contributed by atoms with Crippen molar-refractivity contribution < 1.29 is 0 Å². The van der Waals surface area contributed by atoms with Gasteiger partial charge in [-0.05, 0) is 13.5 Å². The summed E-state index contributed by atoms with van der Waals surface area (Å²) < 4.78 is 1.67. The van der Waals surface area contributed by atoms with Crippen molar-refractivity contribution in [2.24, 2.45) is 5.73 Å². The van der Waals surface area contributed by atoms with Crippen molar-refractivity contribution in [2.45, 2.75) is 13.3 Å². The summed E-state index contributed by atoms with van der Waals surface area (Å²) in [4.78, 5) is 4.29. The lowest BCUT2D eigenvalue weighted by Crippen LogP contribution is -2.04. The predicted octanol–water partition coefficient (Wildman–Crippen LogP) is -0.133. The molecule has 0 aliphatic rings. The second-order valence-electron chi connectivity index (χ2n) is 2.76. The van der Waals surface area contributed by atoms with Gasteiger partial charge in [-0.3, -0.25) is 5.10 Å². The van der Waals surface area contributed by atoms with Crippen LogP contribution < -0.4 is 5.73 Å². The molecule has 2 aromatic heterocycles. The van der Waals surface area contributed by atoms with Gasteiger partial charge in [0.2, 0.25) is 0 Å². The summed E-state index contributed by atoms with van der Waals surface area (Å²) in [5, 5.41) is 7.21. The Kier molecular flexibility index (Phi) is 1.58. The smallest absolute Gasteiger partial charge is 0.175 e. The predicted molar refractivity (Wildman–Crippen MR) is 44.8 cm³/mol. The highest BCUT2D eigenvalue weighted by molar-refractivity contribution is 5.37. The Labute approximate surface area is 69.6 Å². The van der Waals surface area contributed by atoms with Crippen LogP contribution in [-0.2, 0) is 6.42 Å². The van der Waals surface area contributed by atoms with Crippen LogP contribution in [0.2, 0.25) is 0 Å². The monoisotopic (exact) mass is 165 g/mol. The summed E-state index contributed by atoms with van der Waals surface area (Å²) in [6, 6.07) is 1.93. The van der Waals surface area contributed by atoms with Crippen LogP contribution in [0.4, 0.5) is 0 Å².